The van der Waals surface area contributed by atoms with Crippen molar-refractivity contribution in [2.24, 2.45) is 0 Å². The number of hydroxylamine groups is 1. The molecule has 19 heavy (non-hydrogen) atoms. The number of sulfonamides is 1. The first-order valence-electron chi connectivity index (χ1n) is 5.34. The fourth-order valence-electron chi connectivity index (χ4n) is 1.72. The summed E-state index contributed by atoms with van der Waals surface area (Å²) in [6, 6.07) is 1.63. The van der Waals surface area contributed by atoms with Gasteiger partial charge < -0.3 is 0 Å². The molecule has 0 atom stereocenters. The number of halogens is 1. The van der Waals surface area contributed by atoms with Crippen LogP contribution in [0.5, 0.6) is 0 Å². The van der Waals surface area contributed by atoms with E-state index in [0.29, 0.717) is 0 Å². The molecule has 3 heterocycles. The van der Waals surface area contributed by atoms with E-state index in [1.54, 1.807) is 18.5 Å². The molecule has 1 aliphatic heterocycles. The van der Waals surface area contributed by atoms with Gasteiger partial charge in [-0.3, -0.25) is 9.82 Å². The predicted octanol–water partition coefficient (Wildman–Crippen LogP) is 2.55. The Bertz CT molecular complexity index is 769. The average Bonchev–Trinajstić information content (AvgIpc) is 2.96. The third-order valence-electron chi connectivity index (χ3n) is 2.66. The van der Waals surface area contributed by atoms with Crippen LogP contribution in [0.2, 0.25) is 0 Å². The van der Waals surface area contributed by atoms with Crippen molar-refractivity contribution in [2.45, 2.75) is 4.21 Å². The second-order valence-electron chi connectivity index (χ2n) is 4.09. The summed E-state index contributed by atoms with van der Waals surface area (Å²) in [4.78, 5) is 9.16. The molecular weight excluding hydrogens is 352 g/mol. The standard InChI is InChI=1S/C11H9BrN2O3S2/c1-7-5-14(17-6-7)19(15,16)11-2-8-9(12)3-13-4-10(8)18-11/h2-4H,1,5-6H2. The first-order valence-corrected chi connectivity index (χ1v) is 8.39. The molecule has 3 rings (SSSR count). The fourth-order valence-corrected chi connectivity index (χ4v) is 5.04. The summed E-state index contributed by atoms with van der Waals surface area (Å²) >= 11 is 4.54. The molecule has 1 saturated heterocycles. The van der Waals surface area contributed by atoms with Crippen molar-refractivity contribution in [3.05, 3.63) is 35.1 Å². The monoisotopic (exact) mass is 360 g/mol. The molecule has 0 unspecified atom stereocenters. The van der Waals surface area contributed by atoms with Crippen molar-refractivity contribution in [1.29, 1.82) is 0 Å². The highest BCUT2D eigenvalue weighted by Gasteiger charge is 2.32. The molecule has 5 nitrogen and oxygen atoms in total. The van der Waals surface area contributed by atoms with Crippen molar-refractivity contribution < 1.29 is 13.3 Å². The second kappa shape index (κ2) is 4.64. The smallest absolute Gasteiger partial charge is 0.274 e. The molecule has 0 amide bonds. The highest BCUT2D eigenvalue weighted by Crippen LogP contribution is 2.35. The molecule has 0 spiro atoms. The molecule has 0 bridgehead atoms. The minimum Gasteiger partial charge on any atom is -0.279 e. The van der Waals surface area contributed by atoms with Gasteiger partial charge in [-0.15, -0.1) is 11.3 Å². The van der Waals surface area contributed by atoms with Crippen LogP contribution in [0.3, 0.4) is 0 Å². The van der Waals surface area contributed by atoms with Gasteiger partial charge in [-0.05, 0) is 27.6 Å². The van der Waals surface area contributed by atoms with Crippen molar-refractivity contribution in [2.75, 3.05) is 13.2 Å². The first-order chi connectivity index (χ1) is 8.98. The number of pyridine rings is 1. The van der Waals surface area contributed by atoms with E-state index in [2.05, 4.69) is 27.5 Å². The third-order valence-corrected chi connectivity index (χ3v) is 6.44. The Kier molecular flexibility index (Phi) is 3.22. The summed E-state index contributed by atoms with van der Waals surface area (Å²) in [7, 11) is -3.63. The maximum Gasteiger partial charge on any atom is 0.274 e. The van der Waals surface area contributed by atoms with E-state index in [-0.39, 0.29) is 17.4 Å². The van der Waals surface area contributed by atoms with Gasteiger partial charge in [0.2, 0.25) is 0 Å². The Morgan fingerprint density at radius 3 is 2.89 bits per heavy atom. The Morgan fingerprint density at radius 2 is 2.26 bits per heavy atom. The number of aromatic nitrogens is 1. The topological polar surface area (TPSA) is 59.5 Å². The largest absolute Gasteiger partial charge is 0.279 e. The van der Waals surface area contributed by atoms with E-state index in [0.717, 1.165) is 24.6 Å². The molecule has 2 aromatic rings. The predicted molar refractivity (Wildman–Crippen MR) is 76.3 cm³/mol. The molecule has 0 aromatic carbocycles. The summed E-state index contributed by atoms with van der Waals surface area (Å²) in [5.41, 5.74) is 0.743. The lowest BCUT2D eigenvalue weighted by Crippen LogP contribution is -2.26. The fraction of sp³-hybridized carbons (Fsp3) is 0.182. The second-order valence-corrected chi connectivity index (χ2v) is 8.08. The lowest BCUT2D eigenvalue weighted by Gasteiger charge is -2.11. The Morgan fingerprint density at radius 1 is 1.47 bits per heavy atom. The molecule has 0 radical (unpaired) electrons. The van der Waals surface area contributed by atoms with Crippen LogP contribution in [0.15, 0.2) is 39.3 Å². The van der Waals surface area contributed by atoms with Crippen molar-refractivity contribution in [3.8, 4) is 0 Å². The van der Waals surface area contributed by atoms with E-state index in [9.17, 15) is 8.42 Å². The van der Waals surface area contributed by atoms with E-state index < -0.39 is 10.0 Å². The molecule has 0 N–H and O–H groups in total. The molecule has 1 aliphatic rings. The maximum atomic E-state index is 12.4. The van der Waals surface area contributed by atoms with Crippen molar-refractivity contribution >= 4 is 47.4 Å². The minimum atomic E-state index is -3.63. The van der Waals surface area contributed by atoms with Gasteiger partial charge in [-0.2, -0.15) is 0 Å². The summed E-state index contributed by atoms with van der Waals surface area (Å²) in [5.74, 6) is 0. The van der Waals surface area contributed by atoms with Crippen LogP contribution >= 0.6 is 27.3 Å². The highest BCUT2D eigenvalue weighted by atomic mass is 79.9. The van der Waals surface area contributed by atoms with Crippen LogP contribution < -0.4 is 0 Å². The van der Waals surface area contributed by atoms with Crippen LogP contribution in [-0.2, 0) is 14.9 Å². The van der Waals surface area contributed by atoms with Gasteiger partial charge in [0.15, 0.2) is 0 Å². The molecular formula is C11H9BrN2O3S2. The summed E-state index contributed by atoms with van der Waals surface area (Å²) in [6.45, 7) is 4.17. The number of fused-ring (bicyclic) bond motifs is 1. The highest BCUT2D eigenvalue weighted by molar-refractivity contribution is 9.10. The van der Waals surface area contributed by atoms with Crippen LogP contribution in [0.4, 0.5) is 0 Å². The van der Waals surface area contributed by atoms with Crippen molar-refractivity contribution in [3.63, 3.8) is 0 Å². The van der Waals surface area contributed by atoms with Gasteiger partial charge in [-0.1, -0.05) is 11.0 Å². The van der Waals surface area contributed by atoms with E-state index in [1.807, 2.05) is 0 Å². The summed E-state index contributed by atoms with van der Waals surface area (Å²) < 4.78 is 27.6. The van der Waals surface area contributed by atoms with E-state index in [1.165, 1.54) is 11.3 Å². The van der Waals surface area contributed by atoms with Gasteiger partial charge in [0, 0.05) is 22.3 Å². The SMILES string of the molecule is C=C1CON(S(=O)(=O)c2cc3c(Br)cncc3s2)C1. The number of nitrogens with zero attached hydrogens (tertiary/aromatic N) is 2. The van der Waals surface area contributed by atoms with Gasteiger partial charge in [-0.25, -0.2) is 8.42 Å². The molecule has 100 valence electrons. The zero-order chi connectivity index (χ0) is 13.6. The normalized spacial score (nSPS) is 17.4. The van der Waals surface area contributed by atoms with Gasteiger partial charge in [0.25, 0.3) is 10.0 Å². The minimum absolute atomic E-state index is 0.204. The Balaban J connectivity index is 2.09. The number of hydrogen-bond donors (Lipinski definition) is 0. The van der Waals surface area contributed by atoms with Gasteiger partial charge in [0.1, 0.15) is 4.21 Å². The zero-order valence-electron chi connectivity index (χ0n) is 9.67. The summed E-state index contributed by atoms with van der Waals surface area (Å²) in [6.07, 6.45) is 3.28. The van der Waals surface area contributed by atoms with Crippen LogP contribution in [-0.4, -0.2) is 31.0 Å². The molecule has 1 fully saturated rings. The Hall–Kier alpha value is -0.800. The van der Waals surface area contributed by atoms with E-state index >= 15 is 0 Å². The zero-order valence-corrected chi connectivity index (χ0v) is 12.9. The Labute approximate surface area is 122 Å². The van der Waals surface area contributed by atoms with Crippen LogP contribution in [0, 0.1) is 0 Å². The van der Waals surface area contributed by atoms with Gasteiger partial charge in [0.05, 0.1) is 17.9 Å². The lowest BCUT2D eigenvalue weighted by atomic mass is 10.3. The molecule has 8 heteroatoms. The maximum absolute atomic E-state index is 12.4. The molecule has 2 aromatic heterocycles. The quantitative estimate of drug-likeness (QED) is 0.772. The van der Waals surface area contributed by atoms with Crippen LogP contribution in [0.1, 0.15) is 0 Å². The average molecular weight is 361 g/mol. The summed E-state index contributed by atoms with van der Waals surface area (Å²) in [5, 5.41) is 0.830. The lowest BCUT2D eigenvalue weighted by molar-refractivity contribution is -0.0273. The third kappa shape index (κ3) is 2.23. The molecule has 0 aliphatic carbocycles. The number of thiophene rings is 1. The van der Waals surface area contributed by atoms with Crippen molar-refractivity contribution in [1.82, 2.24) is 9.45 Å². The number of hydrogen-bond acceptors (Lipinski definition) is 5. The van der Waals surface area contributed by atoms with Crippen LogP contribution in [0.25, 0.3) is 10.1 Å². The number of rotatable bonds is 2. The van der Waals surface area contributed by atoms with Gasteiger partial charge >= 0.3 is 0 Å². The molecule has 0 saturated carbocycles. The van der Waals surface area contributed by atoms with E-state index in [4.69, 9.17) is 4.84 Å². The first kappa shape index (κ1) is 13.2.